The summed E-state index contributed by atoms with van der Waals surface area (Å²) >= 11 is 0. The van der Waals surface area contributed by atoms with Gasteiger partial charge in [-0.15, -0.1) is 9.25 Å². The normalized spacial score (nSPS) is 29.9. The highest BCUT2D eigenvalue weighted by molar-refractivity contribution is 7.49. The maximum absolute atomic E-state index is 11.2. The topological polar surface area (TPSA) is 113 Å². The van der Waals surface area contributed by atoms with Crippen LogP contribution >= 0.6 is 7.82 Å². The first-order chi connectivity index (χ1) is 6.00. The second-order valence-electron chi connectivity index (χ2n) is 2.24. The van der Waals surface area contributed by atoms with Crippen LogP contribution in [0.25, 0.3) is 0 Å². The van der Waals surface area contributed by atoms with E-state index in [1.807, 2.05) is 0 Å². The number of nitrogens with zero attached hydrogens (tertiary/aromatic N) is 3. The maximum atomic E-state index is 11.2. The monoisotopic (exact) mass is 207 g/mol. The van der Waals surface area contributed by atoms with E-state index in [0.717, 1.165) is 5.06 Å². The fourth-order valence-electron chi connectivity index (χ4n) is 0.710. The largest absolute Gasteiger partial charge is 0.544 e. The smallest absolute Gasteiger partial charge is 0.366 e. The van der Waals surface area contributed by atoms with Gasteiger partial charge in [0.25, 0.3) is 5.96 Å². The van der Waals surface area contributed by atoms with Gasteiger partial charge < -0.3 is 5.73 Å². The Labute approximate surface area is 72.7 Å². The van der Waals surface area contributed by atoms with Gasteiger partial charge in [0, 0.05) is 7.05 Å². The molecule has 0 unspecified atom stereocenters. The van der Waals surface area contributed by atoms with Crippen LogP contribution in [0.5, 0.6) is 0 Å². The standard InChI is InChI=1S/C3H6N5O4P/c1-7-2(4)6-3(5)8-11-13(9,10-7)12-8/h1H3,(H3,4,5,6). The van der Waals surface area contributed by atoms with Crippen LogP contribution in [0.1, 0.15) is 0 Å². The molecule has 3 N–H and O–H groups in total. The van der Waals surface area contributed by atoms with Crippen LogP contribution in [0, 0.1) is 5.41 Å². The number of nitrogens with two attached hydrogens (primary N) is 1. The van der Waals surface area contributed by atoms with Crippen molar-refractivity contribution in [2.45, 2.75) is 0 Å². The molecule has 72 valence electrons. The van der Waals surface area contributed by atoms with Crippen LogP contribution in [0.4, 0.5) is 0 Å². The Hall–Kier alpha value is -1.15. The Morgan fingerprint density at radius 1 is 1.54 bits per heavy atom. The van der Waals surface area contributed by atoms with Crippen molar-refractivity contribution in [2.75, 3.05) is 7.05 Å². The van der Waals surface area contributed by atoms with Crippen molar-refractivity contribution in [3.05, 3.63) is 0 Å². The highest BCUT2D eigenvalue weighted by Gasteiger charge is 2.50. The minimum atomic E-state index is -3.59. The summed E-state index contributed by atoms with van der Waals surface area (Å²) in [6, 6.07) is 0. The molecule has 3 aliphatic heterocycles. The first-order valence-corrected chi connectivity index (χ1v) is 4.62. The molecule has 0 aromatic carbocycles. The van der Waals surface area contributed by atoms with Gasteiger partial charge in [-0.05, 0) is 0 Å². The Balaban J connectivity index is 2.31. The van der Waals surface area contributed by atoms with Crippen molar-refractivity contribution in [3.8, 4) is 0 Å². The predicted octanol–water partition coefficient (Wildman–Crippen LogP) is -0.600. The molecule has 0 amide bonds. The highest BCUT2D eigenvalue weighted by atomic mass is 31.2. The lowest BCUT2D eigenvalue weighted by Gasteiger charge is -2.37. The third-order valence-electron chi connectivity index (χ3n) is 1.28. The van der Waals surface area contributed by atoms with Crippen LogP contribution < -0.4 is 5.73 Å². The molecule has 10 heteroatoms. The minimum absolute atomic E-state index is 0.216. The highest BCUT2D eigenvalue weighted by Crippen LogP contribution is 2.60. The molecule has 0 aromatic heterocycles. The predicted molar refractivity (Wildman–Crippen MR) is 39.8 cm³/mol. The molecule has 0 saturated carbocycles. The summed E-state index contributed by atoms with van der Waals surface area (Å²) in [6.45, 7) is 0. The van der Waals surface area contributed by atoms with Crippen molar-refractivity contribution < 1.29 is 18.4 Å². The molecule has 0 radical (unpaired) electrons. The third-order valence-corrected chi connectivity index (χ3v) is 2.42. The number of nitrogens with one attached hydrogen (secondary N) is 1. The van der Waals surface area contributed by atoms with E-state index in [-0.39, 0.29) is 11.9 Å². The fraction of sp³-hybridized carbons (Fsp3) is 0.333. The maximum Gasteiger partial charge on any atom is 0.544 e. The van der Waals surface area contributed by atoms with E-state index in [4.69, 9.17) is 11.1 Å². The number of aliphatic imine (C=N–C) groups is 1. The van der Waals surface area contributed by atoms with Crippen molar-refractivity contribution in [1.82, 2.24) is 10.3 Å². The number of guanidine groups is 2. The summed E-state index contributed by atoms with van der Waals surface area (Å²) in [5, 5.41) is 8.70. The lowest BCUT2D eigenvalue weighted by atomic mass is 10.9. The molecule has 3 aliphatic rings. The van der Waals surface area contributed by atoms with Gasteiger partial charge in [-0.2, -0.15) is 9.62 Å². The number of hydroxylamine groups is 4. The van der Waals surface area contributed by atoms with Crippen LogP contribution in [0.3, 0.4) is 0 Å². The molecule has 1 saturated heterocycles. The third kappa shape index (κ3) is 1.27. The summed E-state index contributed by atoms with van der Waals surface area (Å²) in [6.07, 6.45) is 0. The molecule has 9 nitrogen and oxygen atoms in total. The zero-order valence-electron chi connectivity index (χ0n) is 6.50. The molecule has 0 spiro atoms. The Bertz CT molecular complexity index is 331. The van der Waals surface area contributed by atoms with E-state index in [0.29, 0.717) is 5.23 Å². The zero-order chi connectivity index (χ0) is 9.64. The number of rotatable bonds is 0. The molecule has 1 fully saturated rings. The molecule has 2 bridgehead atoms. The van der Waals surface area contributed by atoms with Crippen molar-refractivity contribution in [2.24, 2.45) is 10.7 Å². The first kappa shape index (κ1) is 8.45. The fourth-order valence-corrected chi connectivity index (χ4v) is 1.69. The van der Waals surface area contributed by atoms with Gasteiger partial charge in [-0.1, -0.05) is 5.23 Å². The van der Waals surface area contributed by atoms with E-state index in [1.165, 1.54) is 7.05 Å². The lowest BCUT2D eigenvalue weighted by Crippen LogP contribution is -2.47. The first-order valence-electron chi connectivity index (χ1n) is 3.16. The summed E-state index contributed by atoms with van der Waals surface area (Å²) in [7, 11) is -2.26. The van der Waals surface area contributed by atoms with Crippen LogP contribution in [-0.4, -0.2) is 29.3 Å². The molecular weight excluding hydrogens is 201 g/mol. The second kappa shape index (κ2) is 2.42. The van der Waals surface area contributed by atoms with Gasteiger partial charge >= 0.3 is 7.82 Å². The van der Waals surface area contributed by atoms with Gasteiger partial charge in [-0.25, -0.2) is 9.63 Å². The van der Waals surface area contributed by atoms with Crippen LogP contribution in [0.15, 0.2) is 4.99 Å². The minimum Gasteiger partial charge on any atom is -0.366 e. The van der Waals surface area contributed by atoms with E-state index in [9.17, 15) is 4.57 Å². The Kier molecular flexibility index (Phi) is 1.57. The van der Waals surface area contributed by atoms with Crippen molar-refractivity contribution in [3.63, 3.8) is 0 Å². The summed E-state index contributed by atoms with van der Waals surface area (Å²) < 4.78 is 24.9. The average Bonchev–Trinajstić information content (AvgIpc) is 1.98. The van der Waals surface area contributed by atoms with Gasteiger partial charge in [-0.3, -0.25) is 5.41 Å². The molecule has 0 aromatic rings. The van der Waals surface area contributed by atoms with Crippen LogP contribution in [0.2, 0.25) is 0 Å². The van der Waals surface area contributed by atoms with E-state index in [2.05, 4.69) is 18.9 Å². The van der Waals surface area contributed by atoms with Gasteiger partial charge in [0.05, 0.1) is 0 Å². The number of hydrogen-bond donors (Lipinski definition) is 2. The van der Waals surface area contributed by atoms with Gasteiger partial charge in [0.15, 0.2) is 0 Å². The van der Waals surface area contributed by atoms with Gasteiger partial charge in [0.2, 0.25) is 5.96 Å². The summed E-state index contributed by atoms with van der Waals surface area (Å²) in [5.41, 5.74) is 5.28. The molecule has 3 heterocycles. The Morgan fingerprint density at radius 3 is 2.77 bits per heavy atom. The molecule has 0 atom stereocenters. The van der Waals surface area contributed by atoms with Crippen LogP contribution in [-0.2, 0) is 18.4 Å². The molecular formula is C3H6N5O4P. The summed E-state index contributed by atoms with van der Waals surface area (Å²) in [4.78, 5) is 3.50. The molecule has 0 aliphatic carbocycles. The number of fused-ring (bicyclic) bond motifs is 3. The SMILES string of the molecule is CN1OP2(=O)ON(O2)/C(N)=N\C1=N. The average molecular weight is 207 g/mol. The van der Waals surface area contributed by atoms with E-state index < -0.39 is 7.82 Å². The second-order valence-corrected chi connectivity index (χ2v) is 3.62. The molecule has 3 rings (SSSR count). The number of phosphoric acid groups is 1. The van der Waals surface area contributed by atoms with E-state index >= 15 is 0 Å². The lowest BCUT2D eigenvalue weighted by molar-refractivity contribution is -0.313. The Morgan fingerprint density at radius 2 is 2.15 bits per heavy atom. The quantitative estimate of drug-likeness (QED) is 0.509. The van der Waals surface area contributed by atoms with Crippen molar-refractivity contribution in [1.29, 1.82) is 5.41 Å². The number of hydrogen-bond acceptors (Lipinski definition) is 7. The molecule has 13 heavy (non-hydrogen) atoms. The van der Waals surface area contributed by atoms with Gasteiger partial charge in [0.1, 0.15) is 0 Å². The summed E-state index contributed by atoms with van der Waals surface area (Å²) in [5.74, 6) is -0.513. The van der Waals surface area contributed by atoms with E-state index in [1.54, 1.807) is 0 Å². The van der Waals surface area contributed by atoms with Crippen molar-refractivity contribution >= 4 is 19.7 Å². The zero-order valence-corrected chi connectivity index (χ0v) is 7.39.